The molecule has 182 valence electrons. The molecule has 0 spiro atoms. The molecule has 1 saturated heterocycles. The van der Waals surface area contributed by atoms with E-state index in [1.807, 2.05) is 30.3 Å². The minimum atomic E-state index is -4.32. The molecule has 5 rings (SSSR count). The molecule has 2 heterocycles. The van der Waals surface area contributed by atoms with E-state index in [-0.39, 0.29) is 0 Å². The zero-order chi connectivity index (χ0) is 24.6. The number of piperazine rings is 1. The number of anilines is 1. The van der Waals surface area contributed by atoms with Gasteiger partial charge in [0.2, 0.25) is 0 Å². The number of para-hydroxylation sites is 2. The van der Waals surface area contributed by atoms with Crippen molar-refractivity contribution in [3.63, 3.8) is 0 Å². The number of imidazole rings is 1. The highest BCUT2D eigenvalue weighted by atomic mass is 35.5. The molecule has 0 radical (unpaired) electrons. The van der Waals surface area contributed by atoms with Crippen LogP contribution < -0.4 is 4.90 Å². The topological polar surface area (TPSA) is 24.3 Å². The lowest BCUT2D eigenvalue weighted by Crippen LogP contribution is -2.46. The first-order chi connectivity index (χ1) is 16.8. The number of halogens is 5. The maximum absolute atomic E-state index is 12.9. The van der Waals surface area contributed by atoms with E-state index in [4.69, 9.17) is 28.2 Å². The molecule has 1 aliphatic heterocycles. The second kappa shape index (κ2) is 9.72. The van der Waals surface area contributed by atoms with Gasteiger partial charge in [0.05, 0.1) is 29.7 Å². The lowest BCUT2D eigenvalue weighted by Gasteiger charge is -2.36. The highest BCUT2D eigenvalue weighted by Gasteiger charge is 2.30. The third kappa shape index (κ3) is 5.27. The average Bonchev–Trinajstić information content (AvgIpc) is 3.17. The molecule has 3 aromatic carbocycles. The quantitative estimate of drug-likeness (QED) is 0.292. The van der Waals surface area contributed by atoms with Crippen LogP contribution in [0.2, 0.25) is 10.0 Å². The molecule has 1 aromatic heterocycles. The molecule has 4 nitrogen and oxygen atoms in total. The van der Waals surface area contributed by atoms with E-state index in [1.165, 1.54) is 0 Å². The number of alkyl halides is 3. The van der Waals surface area contributed by atoms with E-state index in [1.54, 1.807) is 18.2 Å². The zero-order valence-electron chi connectivity index (χ0n) is 18.8. The maximum Gasteiger partial charge on any atom is 0.416 e. The minimum Gasteiger partial charge on any atom is -0.369 e. The van der Waals surface area contributed by atoms with Gasteiger partial charge in [0.1, 0.15) is 5.82 Å². The number of benzene rings is 3. The second-order valence-electron chi connectivity index (χ2n) is 8.65. The Hall–Kier alpha value is -2.74. The van der Waals surface area contributed by atoms with Crippen molar-refractivity contribution in [1.29, 1.82) is 0 Å². The Morgan fingerprint density at radius 2 is 1.54 bits per heavy atom. The van der Waals surface area contributed by atoms with Crippen molar-refractivity contribution >= 4 is 39.9 Å². The van der Waals surface area contributed by atoms with Crippen LogP contribution in [-0.4, -0.2) is 40.6 Å². The van der Waals surface area contributed by atoms with Gasteiger partial charge in [-0.2, -0.15) is 13.2 Å². The number of nitrogens with zero attached hydrogens (tertiary/aromatic N) is 4. The summed E-state index contributed by atoms with van der Waals surface area (Å²) in [5, 5.41) is 1.21. The summed E-state index contributed by atoms with van der Waals surface area (Å²) in [5.41, 5.74) is 3.11. The number of rotatable bonds is 5. The molecule has 1 fully saturated rings. The lowest BCUT2D eigenvalue weighted by atomic mass is 10.1. The summed E-state index contributed by atoms with van der Waals surface area (Å²) in [7, 11) is 0. The Morgan fingerprint density at radius 3 is 2.23 bits per heavy atom. The third-order valence-electron chi connectivity index (χ3n) is 6.37. The summed E-state index contributed by atoms with van der Waals surface area (Å²) in [6, 6.07) is 18.9. The first-order valence-electron chi connectivity index (χ1n) is 11.3. The molecule has 0 N–H and O–H groups in total. The molecule has 0 amide bonds. The highest BCUT2D eigenvalue weighted by molar-refractivity contribution is 6.35. The number of aromatic nitrogens is 2. The molecule has 0 saturated carbocycles. The fourth-order valence-electron chi connectivity index (χ4n) is 4.47. The van der Waals surface area contributed by atoms with Gasteiger partial charge < -0.3 is 9.47 Å². The molecule has 0 unspecified atom stereocenters. The fourth-order valence-corrected chi connectivity index (χ4v) is 4.94. The summed E-state index contributed by atoms with van der Waals surface area (Å²) < 4.78 is 40.8. The molecule has 4 aromatic rings. The summed E-state index contributed by atoms with van der Waals surface area (Å²) in [5.74, 6) is 0.945. The molecule has 0 bridgehead atoms. The third-order valence-corrected chi connectivity index (χ3v) is 6.96. The van der Waals surface area contributed by atoms with Crippen LogP contribution in [-0.2, 0) is 19.3 Å². The Bertz CT molecular complexity index is 1330. The summed E-state index contributed by atoms with van der Waals surface area (Å²) in [6.45, 7) is 4.28. The van der Waals surface area contributed by atoms with E-state index in [0.29, 0.717) is 23.1 Å². The Morgan fingerprint density at radius 1 is 0.829 bits per heavy atom. The normalized spacial score (nSPS) is 15.2. The average molecular weight is 519 g/mol. The molecule has 9 heteroatoms. The monoisotopic (exact) mass is 518 g/mol. The van der Waals surface area contributed by atoms with Gasteiger partial charge in [-0.15, -0.1) is 0 Å². The van der Waals surface area contributed by atoms with Crippen LogP contribution in [0.25, 0.3) is 11.0 Å². The van der Waals surface area contributed by atoms with Crippen LogP contribution >= 0.6 is 23.2 Å². The lowest BCUT2D eigenvalue weighted by molar-refractivity contribution is -0.137. The Balaban J connectivity index is 1.31. The van der Waals surface area contributed by atoms with Crippen molar-refractivity contribution in [3.8, 4) is 0 Å². The van der Waals surface area contributed by atoms with Crippen molar-refractivity contribution in [2.24, 2.45) is 0 Å². The summed E-state index contributed by atoms with van der Waals surface area (Å²) in [4.78, 5) is 9.33. The largest absolute Gasteiger partial charge is 0.416 e. The van der Waals surface area contributed by atoms with Crippen LogP contribution in [0.4, 0.5) is 18.9 Å². The predicted molar refractivity (Wildman–Crippen MR) is 134 cm³/mol. The zero-order valence-corrected chi connectivity index (χ0v) is 20.3. The fraction of sp³-hybridized carbons (Fsp3) is 0.269. The van der Waals surface area contributed by atoms with Gasteiger partial charge in [0.15, 0.2) is 0 Å². The minimum absolute atomic E-state index is 0.581. The van der Waals surface area contributed by atoms with Crippen molar-refractivity contribution in [2.75, 3.05) is 31.1 Å². The van der Waals surface area contributed by atoms with Gasteiger partial charge >= 0.3 is 6.18 Å². The van der Waals surface area contributed by atoms with Gasteiger partial charge in [-0.3, -0.25) is 4.90 Å². The van der Waals surface area contributed by atoms with E-state index >= 15 is 0 Å². The van der Waals surface area contributed by atoms with Crippen LogP contribution in [0.3, 0.4) is 0 Å². The van der Waals surface area contributed by atoms with Gasteiger partial charge in [-0.05, 0) is 54.1 Å². The first-order valence-corrected chi connectivity index (χ1v) is 12.1. The van der Waals surface area contributed by atoms with Crippen molar-refractivity contribution in [1.82, 2.24) is 14.5 Å². The van der Waals surface area contributed by atoms with Crippen LogP contribution in [0.5, 0.6) is 0 Å². The SMILES string of the molecule is FC(F)(F)c1ccc(N2CCN(Cc3nc4ccccc4n3Cc3ccc(Cl)cc3Cl)CC2)cc1. The van der Waals surface area contributed by atoms with Crippen molar-refractivity contribution in [2.45, 2.75) is 19.3 Å². The second-order valence-corrected chi connectivity index (χ2v) is 9.49. The van der Waals surface area contributed by atoms with Crippen LogP contribution in [0.1, 0.15) is 17.0 Å². The maximum atomic E-state index is 12.9. The van der Waals surface area contributed by atoms with Crippen molar-refractivity contribution < 1.29 is 13.2 Å². The molecule has 0 aliphatic carbocycles. The summed E-state index contributed by atoms with van der Waals surface area (Å²) in [6.07, 6.45) is -4.32. The van der Waals surface area contributed by atoms with Crippen LogP contribution in [0.15, 0.2) is 66.7 Å². The Labute approximate surface area is 211 Å². The van der Waals surface area contributed by atoms with Gasteiger partial charge in [0.25, 0.3) is 0 Å². The summed E-state index contributed by atoms with van der Waals surface area (Å²) >= 11 is 12.5. The van der Waals surface area contributed by atoms with E-state index in [9.17, 15) is 13.2 Å². The number of hydrogen-bond donors (Lipinski definition) is 0. The van der Waals surface area contributed by atoms with E-state index in [0.717, 1.165) is 66.4 Å². The van der Waals surface area contributed by atoms with E-state index in [2.05, 4.69) is 20.4 Å². The number of fused-ring (bicyclic) bond motifs is 1. The first kappa shape index (κ1) is 24.0. The molecular weight excluding hydrogens is 496 g/mol. The van der Waals surface area contributed by atoms with Gasteiger partial charge in [-0.25, -0.2) is 4.98 Å². The smallest absolute Gasteiger partial charge is 0.369 e. The van der Waals surface area contributed by atoms with E-state index < -0.39 is 11.7 Å². The van der Waals surface area contributed by atoms with Gasteiger partial charge in [0, 0.05) is 41.9 Å². The Kier molecular flexibility index (Phi) is 6.66. The molecule has 1 aliphatic rings. The highest BCUT2D eigenvalue weighted by Crippen LogP contribution is 2.31. The molecule has 0 atom stereocenters. The van der Waals surface area contributed by atoms with Crippen molar-refractivity contribution in [3.05, 3.63) is 93.7 Å². The predicted octanol–water partition coefficient (Wildman–Crippen LogP) is 6.73. The molecular formula is C26H23Cl2F3N4. The standard InChI is InChI=1S/C26H23Cl2F3N4/c27-20-8-5-18(22(28)15-20)16-35-24-4-2-1-3-23(24)32-25(35)17-33-11-13-34(14-12-33)21-9-6-19(7-10-21)26(29,30)31/h1-10,15H,11-14,16-17H2. The number of hydrogen-bond acceptors (Lipinski definition) is 3. The van der Waals surface area contributed by atoms with Crippen LogP contribution in [0, 0.1) is 0 Å². The van der Waals surface area contributed by atoms with Gasteiger partial charge in [-0.1, -0.05) is 41.4 Å². The molecule has 35 heavy (non-hydrogen) atoms.